The van der Waals surface area contributed by atoms with Crippen LogP contribution in [-0.4, -0.2) is 53.3 Å². The van der Waals surface area contributed by atoms with Gasteiger partial charge >= 0.3 is 5.97 Å². The molecule has 0 aromatic carbocycles. The third-order valence-electron chi connectivity index (χ3n) is 3.34. The van der Waals surface area contributed by atoms with E-state index in [4.69, 9.17) is 9.84 Å². The maximum Gasteiger partial charge on any atom is 0.341 e. The van der Waals surface area contributed by atoms with Crippen molar-refractivity contribution in [2.45, 2.75) is 26.8 Å². The van der Waals surface area contributed by atoms with Crippen molar-refractivity contribution in [1.29, 1.82) is 0 Å². The van der Waals surface area contributed by atoms with Gasteiger partial charge in [-0.25, -0.2) is 4.79 Å². The highest BCUT2D eigenvalue weighted by Gasteiger charge is 2.22. The monoisotopic (exact) mass is 310 g/mol. The zero-order valence-corrected chi connectivity index (χ0v) is 13.3. The van der Waals surface area contributed by atoms with E-state index in [1.54, 1.807) is 11.5 Å². The van der Waals surface area contributed by atoms with E-state index in [0.29, 0.717) is 19.7 Å². The average molecular weight is 310 g/mol. The first-order chi connectivity index (χ1) is 10.3. The SMILES string of the molecule is CCN(CCOC)C(=O)c1cn(C(C)C)cc(C(=O)O)c1=O. The minimum atomic E-state index is -1.34. The molecule has 0 unspecified atom stereocenters. The van der Waals surface area contributed by atoms with Gasteiger partial charge in [-0.2, -0.15) is 0 Å². The number of carbonyl (C=O) groups is 2. The molecule has 0 fully saturated rings. The van der Waals surface area contributed by atoms with Gasteiger partial charge < -0.3 is 19.3 Å². The van der Waals surface area contributed by atoms with E-state index in [2.05, 4.69) is 0 Å². The fraction of sp³-hybridized carbons (Fsp3) is 0.533. The summed E-state index contributed by atoms with van der Waals surface area (Å²) in [4.78, 5) is 37.4. The van der Waals surface area contributed by atoms with Crippen molar-refractivity contribution in [3.8, 4) is 0 Å². The summed E-state index contributed by atoms with van der Waals surface area (Å²) in [6.45, 7) is 6.55. The Morgan fingerprint density at radius 1 is 1.32 bits per heavy atom. The predicted octanol–water partition coefficient (Wildman–Crippen LogP) is 1.24. The Balaban J connectivity index is 3.35. The molecule has 0 aliphatic heterocycles. The highest BCUT2D eigenvalue weighted by molar-refractivity contribution is 5.96. The molecule has 7 heteroatoms. The molecule has 1 N–H and O–H groups in total. The van der Waals surface area contributed by atoms with Gasteiger partial charge in [0.1, 0.15) is 11.1 Å². The van der Waals surface area contributed by atoms with Crippen LogP contribution in [0.1, 0.15) is 47.5 Å². The highest BCUT2D eigenvalue weighted by atomic mass is 16.5. The number of hydrogen-bond donors (Lipinski definition) is 1. The Morgan fingerprint density at radius 3 is 2.36 bits per heavy atom. The van der Waals surface area contributed by atoms with Crippen LogP contribution in [0, 0.1) is 0 Å². The molecule has 0 atom stereocenters. The molecule has 1 heterocycles. The van der Waals surface area contributed by atoms with E-state index in [9.17, 15) is 14.4 Å². The maximum absolute atomic E-state index is 12.5. The van der Waals surface area contributed by atoms with Gasteiger partial charge in [-0.05, 0) is 20.8 Å². The minimum absolute atomic E-state index is 0.0701. The van der Waals surface area contributed by atoms with Crippen molar-refractivity contribution < 1.29 is 19.4 Å². The maximum atomic E-state index is 12.5. The lowest BCUT2D eigenvalue weighted by Crippen LogP contribution is -2.38. The molecule has 122 valence electrons. The van der Waals surface area contributed by atoms with Gasteiger partial charge in [0, 0.05) is 38.6 Å². The number of carboxylic acid groups (broad SMARTS) is 1. The average Bonchev–Trinajstić information content (AvgIpc) is 2.47. The molecule has 1 aromatic heterocycles. The minimum Gasteiger partial charge on any atom is -0.477 e. The summed E-state index contributed by atoms with van der Waals surface area (Å²) in [7, 11) is 1.52. The number of carboxylic acids is 1. The number of pyridine rings is 1. The molecule has 1 rings (SSSR count). The summed E-state index contributed by atoms with van der Waals surface area (Å²) < 4.78 is 6.50. The summed E-state index contributed by atoms with van der Waals surface area (Å²) in [5.41, 5.74) is -1.29. The number of aromatic nitrogens is 1. The van der Waals surface area contributed by atoms with Gasteiger partial charge in [0.2, 0.25) is 5.43 Å². The Hall–Kier alpha value is -2.15. The van der Waals surface area contributed by atoms with Crippen LogP contribution >= 0.6 is 0 Å². The van der Waals surface area contributed by atoms with Crippen LogP contribution in [0.5, 0.6) is 0 Å². The van der Waals surface area contributed by atoms with Crippen LogP contribution in [0.15, 0.2) is 17.2 Å². The fourth-order valence-corrected chi connectivity index (χ4v) is 1.98. The first-order valence-electron chi connectivity index (χ1n) is 7.10. The number of aromatic carboxylic acids is 1. The predicted molar refractivity (Wildman–Crippen MR) is 81.5 cm³/mol. The van der Waals surface area contributed by atoms with Gasteiger partial charge in [-0.1, -0.05) is 0 Å². The van der Waals surface area contributed by atoms with Crippen LogP contribution in [0.25, 0.3) is 0 Å². The molecule has 0 radical (unpaired) electrons. The zero-order chi connectivity index (χ0) is 16.9. The van der Waals surface area contributed by atoms with Crippen LogP contribution in [0.3, 0.4) is 0 Å². The third-order valence-corrected chi connectivity index (χ3v) is 3.34. The second-order valence-corrected chi connectivity index (χ2v) is 5.14. The van der Waals surface area contributed by atoms with E-state index in [1.165, 1.54) is 24.4 Å². The van der Waals surface area contributed by atoms with Crippen molar-refractivity contribution in [3.63, 3.8) is 0 Å². The van der Waals surface area contributed by atoms with E-state index in [1.807, 2.05) is 13.8 Å². The molecule has 0 aliphatic carbocycles. The Labute approximate surface area is 129 Å². The molecule has 7 nitrogen and oxygen atoms in total. The molecule has 0 saturated heterocycles. The molecule has 22 heavy (non-hydrogen) atoms. The van der Waals surface area contributed by atoms with Crippen molar-refractivity contribution in [2.75, 3.05) is 26.8 Å². The summed E-state index contributed by atoms with van der Waals surface area (Å²) in [5, 5.41) is 9.16. The number of ether oxygens (including phenoxy) is 1. The van der Waals surface area contributed by atoms with Crippen molar-refractivity contribution >= 4 is 11.9 Å². The van der Waals surface area contributed by atoms with Gasteiger partial charge in [-0.15, -0.1) is 0 Å². The molecular weight excluding hydrogens is 288 g/mol. The number of methoxy groups -OCH3 is 1. The van der Waals surface area contributed by atoms with E-state index in [-0.39, 0.29) is 11.6 Å². The normalized spacial score (nSPS) is 10.8. The van der Waals surface area contributed by atoms with Gasteiger partial charge in [0.15, 0.2) is 0 Å². The lowest BCUT2D eigenvalue weighted by molar-refractivity contribution is 0.0693. The van der Waals surface area contributed by atoms with Crippen molar-refractivity contribution in [3.05, 3.63) is 33.7 Å². The summed E-state index contributed by atoms with van der Waals surface area (Å²) in [6.07, 6.45) is 2.68. The summed E-state index contributed by atoms with van der Waals surface area (Å²) >= 11 is 0. The van der Waals surface area contributed by atoms with E-state index >= 15 is 0 Å². The van der Waals surface area contributed by atoms with Crippen LogP contribution in [0.2, 0.25) is 0 Å². The summed E-state index contributed by atoms with van der Waals surface area (Å²) in [5.74, 6) is -1.82. The number of amides is 1. The fourth-order valence-electron chi connectivity index (χ4n) is 1.98. The number of nitrogens with zero attached hydrogens (tertiary/aromatic N) is 2. The third kappa shape index (κ3) is 3.94. The van der Waals surface area contributed by atoms with Crippen molar-refractivity contribution in [1.82, 2.24) is 9.47 Å². The van der Waals surface area contributed by atoms with E-state index < -0.39 is 22.9 Å². The second-order valence-electron chi connectivity index (χ2n) is 5.14. The number of rotatable bonds is 7. The first-order valence-corrected chi connectivity index (χ1v) is 7.10. The first kappa shape index (κ1) is 17.9. The van der Waals surface area contributed by atoms with Crippen LogP contribution < -0.4 is 5.43 Å². The standard InChI is InChI=1S/C15H22N2O5/c1-5-16(6-7-22-4)14(19)11-8-17(10(2)3)9-12(13(11)18)15(20)21/h8-10H,5-7H2,1-4H3,(H,20,21). The number of carbonyl (C=O) groups excluding carboxylic acids is 1. The smallest absolute Gasteiger partial charge is 0.341 e. The van der Waals surface area contributed by atoms with Crippen molar-refractivity contribution in [2.24, 2.45) is 0 Å². The Morgan fingerprint density at radius 2 is 1.91 bits per heavy atom. The topological polar surface area (TPSA) is 88.8 Å². The summed E-state index contributed by atoms with van der Waals surface area (Å²) in [6, 6.07) is -0.0701. The second kappa shape index (κ2) is 7.74. The van der Waals surface area contributed by atoms with Gasteiger partial charge in [0.25, 0.3) is 5.91 Å². The molecular formula is C15H22N2O5. The molecule has 0 spiro atoms. The molecule has 0 bridgehead atoms. The van der Waals surface area contributed by atoms with Crippen LogP contribution in [0.4, 0.5) is 0 Å². The zero-order valence-electron chi connectivity index (χ0n) is 13.3. The lowest BCUT2D eigenvalue weighted by Gasteiger charge is -2.21. The molecule has 0 saturated carbocycles. The largest absolute Gasteiger partial charge is 0.477 e. The van der Waals surface area contributed by atoms with Gasteiger partial charge in [-0.3, -0.25) is 9.59 Å². The number of likely N-dealkylation sites (N-methyl/N-ethyl adjacent to an activating group) is 1. The molecule has 1 aromatic rings. The Kier molecular flexibility index (Phi) is 6.30. The van der Waals surface area contributed by atoms with Crippen LogP contribution in [-0.2, 0) is 4.74 Å². The highest BCUT2D eigenvalue weighted by Crippen LogP contribution is 2.09. The molecule has 1 amide bonds. The quantitative estimate of drug-likeness (QED) is 0.818. The van der Waals surface area contributed by atoms with Gasteiger partial charge in [0.05, 0.1) is 6.61 Å². The lowest BCUT2D eigenvalue weighted by atomic mass is 10.1. The number of hydrogen-bond acceptors (Lipinski definition) is 4. The molecule has 0 aliphatic rings. The van der Waals surface area contributed by atoms with E-state index in [0.717, 1.165) is 0 Å². The Bertz CT molecular complexity index is 606.